The molecule has 0 saturated heterocycles. The maximum atomic E-state index is 12.3. The number of nitrogens with one attached hydrogen (secondary N) is 1. The van der Waals surface area contributed by atoms with Crippen molar-refractivity contribution in [3.8, 4) is 17.2 Å². The SMILES string of the molecule is COc1ccc(-c2nc3ccc(NC(=O)/C=C/c4ccc(C(C)C)cc4)cc3o2)cc1. The van der Waals surface area contributed by atoms with Gasteiger partial charge in [0, 0.05) is 23.4 Å². The first kappa shape index (κ1) is 20.4. The number of rotatable bonds is 6. The van der Waals surface area contributed by atoms with Gasteiger partial charge >= 0.3 is 0 Å². The van der Waals surface area contributed by atoms with Crippen LogP contribution in [-0.2, 0) is 4.79 Å². The van der Waals surface area contributed by atoms with E-state index < -0.39 is 0 Å². The van der Waals surface area contributed by atoms with Gasteiger partial charge in [0.15, 0.2) is 5.58 Å². The van der Waals surface area contributed by atoms with Gasteiger partial charge in [0.25, 0.3) is 0 Å². The summed E-state index contributed by atoms with van der Waals surface area (Å²) in [5.74, 6) is 1.57. The largest absolute Gasteiger partial charge is 0.497 e. The molecule has 4 aromatic rings. The van der Waals surface area contributed by atoms with Crippen molar-refractivity contribution in [3.05, 3.63) is 83.9 Å². The summed E-state index contributed by atoms with van der Waals surface area (Å²) in [4.78, 5) is 16.8. The van der Waals surface area contributed by atoms with E-state index in [1.54, 1.807) is 19.3 Å². The summed E-state index contributed by atoms with van der Waals surface area (Å²) >= 11 is 0. The van der Waals surface area contributed by atoms with E-state index in [4.69, 9.17) is 9.15 Å². The Hall–Kier alpha value is -3.86. The first-order valence-electron chi connectivity index (χ1n) is 10.2. The molecule has 4 rings (SSSR count). The summed E-state index contributed by atoms with van der Waals surface area (Å²) < 4.78 is 11.1. The minimum Gasteiger partial charge on any atom is -0.497 e. The van der Waals surface area contributed by atoms with Crippen LogP contribution in [0.1, 0.15) is 30.9 Å². The van der Waals surface area contributed by atoms with Crippen molar-refractivity contribution < 1.29 is 13.9 Å². The molecule has 0 fully saturated rings. The number of aromatic nitrogens is 1. The van der Waals surface area contributed by atoms with Gasteiger partial charge in [-0.2, -0.15) is 0 Å². The Balaban J connectivity index is 1.46. The van der Waals surface area contributed by atoms with Crippen molar-refractivity contribution in [1.29, 1.82) is 0 Å². The lowest BCUT2D eigenvalue weighted by molar-refractivity contribution is -0.111. The third-order valence-corrected chi connectivity index (χ3v) is 5.02. The third kappa shape index (κ3) is 4.83. The normalized spacial score (nSPS) is 11.4. The summed E-state index contributed by atoms with van der Waals surface area (Å²) in [6, 6.07) is 21.1. The minimum atomic E-state index is -0.206. The molecular weight excluding hydrogens is 388 g/mol. The number of amides is 1. The van der Waals surface area contributed by atoms with Crippen LogP contribution in [0.4, 0.5) is 5.69 Å². The molecular formula is C26H24N2O3. The number of oxazole rings is 1. The maximum absolute atomic E-state index is 12.3. The van der Waals surface area contributed by atoms with E-state index in [1.165, 1.54) is 11.6 Å². The number of carbonyl (C=O) groups is 1. The van der Waals surface area contributed by atoms with Gasteiger partial charge in [-0.1, -0.05) is 38.1 Å². The van der Waals surface area contributed by atoms with Gasteiger partial charge in [-0.3, -0.25) is 4.79 Å². The average Bonchev–Trinajstić information content (AvgIpc) is 3.21. The molecule has 1 aromatic heterocycles. The second-order valence-electron chi connectivity index (χ2n) is 7.57. The molecule has 1 amide bonds. The van der Waals surface area contributed by atoms with Crippen LogP contribution in [0.15, 0.2) is 77.2 Å². The van der Waals surface area contributed by atoms with Crippen molar-refractivity contribution in [1.82, 2.24) is 4.98 Å². The van der Waals surface area contributed by atoms with Crippen LogP contribution in [0.2, 0.25) is 0 Å². The summed E-state index contributed by atoms with van der Waals surface area (Å²) in [5, 5.41) is 2.87. The Bertz CT molecular complexity index is 1220. The zero-order valence-corrected chi connectivity index (χ0v) is 17.8. The molecule has 0 saturated carbocycles. The monoisotopic (exact) mass is 412 g/mol. The molecule has 1 N–H and O–H groups in total. The number of ether oxygens (including phenoxy) is 1. The summed E-state index contributed by atoms with van der Waals surface area (Å²) in [7, 11) is 1.63. The number of carbonyl (C=O) groups excluding carboxylic acids is 1. The Labute approximate surface area is 181 Å². The highest BCUT2D eigenvalue weighted by Gasteiger charge is 2.10. The Morgan fingerprint density at radius 3 is 2.45 bits per heavy atom. The highest BCUT2D eigenvalue weighted by Crippen LogP contribution is 2.27. The number of nitrogens with zero attached hydrogens (tertiary/aromatic N) is 1. The Morgan fingerprint density at radius 2 is 1.77 bits per heavy atom. The molecule has 31 heavy (non-hydrogen) atoms. The van der Waals surface area contributed by atoms with Crippen LogP contribution in [-0.4, -0.2) is 18.0 Å². The van der Waals surface area contributed by atoms with Gasteiger partial charge in [0.2, 0.25) is 11.8 Å². The van der Waals surface area contributed by atoms with Crippen LogP contribution in [0.5, 0.6) is 5.75 Å². The molecule has 0 aliphatic carbocycles. The Kier molecular flexibility index (Phi) is 5.85. The first-order chi connectivity index (χ1) is 15.0. The first-order valence-corrected chi connectivity index (χ1v) is 10.2. The molecule has 0 atom stereocenters. The van der Waals surface area contributed by atoms with Crippen LogP contribution in [0.25, 0.3) is 28.6 Å². The van der Waals surface area contributed by atoms with Gasteiger partial charge < -0.3 is 14.5 Å². The fraction of sp³-hybridized carbons (Fsp3) is 0.154. The quantitative estimate of drug-likeness (QED) is 0.379. The lowest BCUT2D eigenvalue weighted by Gasteiger charge is -2.04. The fourth-order valence-electron chi connectivity index (χ4n) is 3.21. The molecule has 0 radical (unpaired) electrons. The molecule has 0 unspecified atom stereocenters. The van der Waals surface area contributed by atoms with E-state index >= 15 is 0 Å². The lowest BCUT2D eigenvalue weighted by atomic mass is 10.0. The van der Waals surface area contributed by atoms with Crippen molar-refractivity contribution in [3.63, 3.8) is 0 Å². The predicted molar refractivity (Wildman–Crippen MR) is 124 cm³/mol. The fourth-order valence-corrected chi connectivity index (χ4v) is 3.21. The number of fused-ring (bicyclic) bond motifs is 1. The highest BCUT2D eigenvalue weighted by atomic mass is 16.5. The molecule has 0 aliphatic rings. The second-order valence-corrected chi connectivity index (χ2v) is 7.57. The van der Waals surface area contributed by atoms with E-state index in [2.05, 4.69) is 36.3 Å². The third-order valence-electron chi connectivity index (χ3n) is 5.02. The summed E-state index contributed by atoms with van der Waals surface area (Å²) in [5.41, 5.74) is 5.09. The van der Waals surface area contributed by atoms with Crippen molar-refractivity contribution >= 4 is 28.8 Å². The van der Waals surface area contributed by atoms with Crippen molar-refractivity contribution in [2.75, 3.05) is 12.4 Å². The molecule has 3 aromatic carbocycles. The maximum Gasteiger partial charge on any atom is 0.248 e. The van der Waals surface area contributed by atoms with Crippen molar-refractivity contribution in [2.24, 2.45) is 0 Å². The van der Waals surface area contributed by atoms with E-state index in [0.29, 0.717) is 23.1 Å². The molecule has 1 heterocycles. The topological polar surface area (TPSA) is 64.4 Å². The average molecular weight is 412 g/mol. The smallest absolute Gasteiger partial charge is 0.248 e. The van der Waals surface area contributed by atoms with Crippen LogP contribution >= 0.6 is 0 Å². The van der Waals surface area contributed by atoms with Gasteiger partial charge in [-0.15, -0.1) is 0 Å². The molecule has 5 nitrogen and oxygen atoms in total. The van der Waals surface area contributed by atoms with Gasteiger partial charge in [-0.05, 0) is 59.5 Å². The highest BCUT2D eigenvalue weighted by molar-refractivity contribution is 6.02. The standard InChI is InChI=1S/C26H24N2O3/c1-17(2)19-7-4-18(5-8-19)6-15-25(29)27-21-11-14-23-24(16-21)31-26(28-23)20-9-12-22(30-3)13-10-20/h4-17H,1-3H3,(H,27,29)/b15-6+. The van der Waals surface area contributed by atoms with Gasteiger partial charge in [0.05, 0.1) is 7.11 Å². The van der Waals surface area contributed by atoms with Crippen LogP contribution in [0.3, 0.4) is 0 Å². The molecule has 0 aliphatic heterocycles. The van der Waals surface area contributed by atoms with Crippen molar-refractivity contribution in [2.45, 2.75) is 19.8 Å². The zero-order chi connectivity index (χ0) is 21.8. The summed E-state index contributed by atoms with van der Waals surface area (Å²) in [6.07, 6.45) is 3.33. The molecule has 0 bridgehead atoms. The lowest BCUT2D eigenvalue weighted by Crippen LogP contribution is -2.07. The number of benzene rings is 3. The van der Waals surface area contributed by atoms with Crippen LogP contribution in [0, 0.1) is 0 Å². The molecule has 5 heteroatoms. The van der Waals surface area contributed by atoms with E-state index in [0.717, 1.165) is 22.4 Å². The van der Waals surface area contributed by atoms with E-state index in [9.17, 15) is 4.79 Å². The van der Waals surface area contributed by atoms with Crippen LogP contribution < -0.4 is 10.1 Å². The second kappa shape index (κ2) is 8.88. The zero-order valence-electron chi connectivity index (χ0n) is 17.8. The number of anilines is 1. The number of methoxy groups -OCH3 is 1. The minimum absolute atomic E-state index is 0.206. The van der Waals surface area contributed by atoms with E-state index in [1.807, 2.05) is 48.5 Å². The number of hydrogen-bond acceptors (Lipinski definition) is 4. The Morgan fingerprint density at radius 1 is 1.03 bits per heavy atom. The molecule has 156 valence electrons. The van der Waals surface area contributed by atoms with Gasteiger partial charge in [0.1, 0.15) is 11.3 Å². The van der Waals surface area contributed by atoms with Gasteiger partial charge in [-0.25, -0.2) is 4.98 Å². The van der Waals surface area contributed by atoms with E-state index in [-0.39, 0.29) is 5.91 Å². The number of hydrogen-bond donors (Lipinski definition) is 1. The summed E-state index contributed by atoms with van der Waals surface area (Å²) in [6.45, 7) is 4.31. The predicted octanol–water partition coefficient (Wildman–Crippen LogP) is 6.28. The molecule has 0 spiro atoms.